The maximum atomic E-state index is 5.96. The molecule has 0 fully saturated rings. The van der Waals surface area contributed by atoms with Crippen LogP contribution < -0.4 is 6.54 Å². The zero-order chi connectivity index (χ0) is 15.6. The van der Waals surface area contributed by atoms with Crippen molar-refractivity contribution in [3.8, 4) is 9.55 Å². The minimum absolute atomic E-state index is 0.753. The molecule has 23 heavy (non-hydrogen) atoms. The van der Waals surface area contributed by atoms with E-state index in [0.29, 0.717) is 0 Å². The van der Waals surface area contributed by atoms with Crippen LogP contribution in [-0.4, -0.2) is 21.8 Å². The fourth-order valence-corrected chi connectivity index (χ4v) is 13.1. The molecule has 3 heteroatoms. The predicted molar refractivity (Wildman–Crippen MR) is 100 cm³/mol. The molecule has 1 aliphatic rings. The molecule has 0 amide bonds. The van der Waals surface area contributed by atoms with Crippen LogP contribution in [0.15, 0.2) is 82.6 Å². The van der Waals surface area contributed by atoms with Crippen LogP contribution in [0, 0.1) is 9.55 Å². The Hall–Kier alpha value is -1.26. The summed E-state index contributed by atoms with van der Waals surface area (Å²) < 4.78 is 6.65. The van der Waals surface area contributed by atoms with Crippen LogP contribution in [0.25, 0.3) is 0 Å². The topological polar surface area (TPSA) is 0 Å². The van der Waals surface area contributed by atoms with Gasteiger partial charge >= 0.3 is 154 Å². The van der Waals surface area contributed by atoms with Crippen LogP contribution in [0.5, 0.6) is 0 Å². The number of rotatable bonds is 0. The van der Waals surface area contributed by atoms with Gasteiger partial charge in [0, 0.05) is 0 Å². The first kappa shape index (κ1) is 15.3. The van der Waals surface area contributed by atoms with E-state index in [4.69, 9.17) is 11.6 Å². The fraction of sp³-hybridized carbons (Fsp3) is 0. The van der Waals surface area contributed by atoms with Crippen molar-refractivity contribution in [2.75, 3.05) is 0 Å². The van der Waals surface area contributed by atoms with Crippen molar-refractivity contribution < 1.29 is 0 Å². The first-order valence-electron chi connectivity index (χ1n) is 7.24. The Balaban J connectivity index is 1.80. The molecule has 0 aliphatic carbocycles. The molecule has 0 saturated heterocycles. The Labute approximate surface area is 153 Å². The molecule has 0 unspecified atom stereocenters. The summed E-state index contributed by atoms with van der Waals surface area (Å²) in [5.74, 6) is 3.40. The van der Waals surface area contributed by atoms with Crippen molar-refractivity contribution >= 4 is 51.7 Å². The van der Waals surface area contributed by atoms with Crippen LogP contribution >= 0.6 is 23.4 Å². The average molecular weight is 529 g/mol. The van der Waals surface area contributed by atoms with E-state index in [1.165, 1.54) is 16.3 Å². The van der Waals surface area contributed by atoms with E-state index in [1.807, 2.05) is 36.0 Å². The predicted octanol–water partition coefficient (Wildman–Crippen LogP) is 4.00. The van der Waals surface area contributed by atoms with Gasteiger partial charge in [-0.3, -0.25) is 0 Å². The normalized spacial score (nSPS) is 12.7. The van der Waals surface area contributed by atoms with Gasteiger partial charge in [0.1, 0.15) is 0 Å². The first-order valence-corrected chi connectivity index (χ1v) is 13.7. The fourth-order valence-electron chi connectivity index (χ4n) is 2.48. The third kappa shape index (κ3) is 3.20. The first-order chi connectivity index (χ1) is 11.3. The molecule has 110 valence electrons. The number of hydrogen-bond acceptors (Lipinski definition) is 1. The van der Waals surface area contributed by atoms with Crippen LogP contribution in [0.3, 0.4) is 0 Å². The van der Waals surface area contributed by atoms with Crippen molar-refractivity contribution in [1.29, 1.82) is 0 Å². The summed E-state index contributed by atoms with van der Waals surface area (Å²) in [6, 6.07) is 25.3. The van der Waals surface area contributed by atoms with E-state index in [9.17, 15) is 0 Å². The summed E-state index contributed by atoms with van der Waals surface area (Å²) >= 11 is 5.55. The molecule has 0 nitrogen and oxygen atoms in total. The molecule has 1 heterocycles. The summed E-state index contributed by atoms with van der Waals surface area (Å²) in [4.78, 5) is 2.77. The Bertz CT molecular complexity index is 877. The molecule has 0 atom stereocenters. The van der Waals surface area contributed by atoms with Gasteiger partial charge in [-0.2, -0.15) is 0 Å². The molecule has 0 N–H and O–H groups in total. The zero-order valence-electron chi connectivity index (χ0n) is 12.2. The van der Waals surface area contributed by atoms with Crippen molar-refractivity contribution in [1.82, 2.24) is 0 Å². The molecule has 0 saturated carbocycles. The second-order valence-electron chi connectivity index (χ2n) is 5.12. The van der Waals surface area contributed by atoms with Crippen LogP contribution in [0.2, 0.25) is 5.02 Å². The van der Waals surface area contributed by atoms with Gasteiger partial charge in [0.15, 0.2) is 0 Å². The van der Waals surface area contributed by atoms with Crippen molar-refractivity contribution in [2.45, 2.75) is 9.79 Å². The summed E-state index contributed by atoms with van der Waals surface area (Å²) in [5.41, 5.74) is 1.04. The maximum absolute atomic E-state index is 5.96. The van der Waals surface area contributed by atoms with Gasteiger partial charge in [-0.1, -0.05) is 0 Å². The molecule has 0 aromatic heterocycles. The summed E-state index contributed by atoms with van der Waals surface area (Å²) in [5, 5.41) is 0.753. The molecule has 3 aromatic rings. The van der Waals surface area contributed by atoms with Gasteiger partial charge in [0.2, 0.25) is 0 Å². The van der Waals surface area contributed by atoms with Gasteiger partial charge in [0.25, 0.3) is 0 Å². The van der Waals surface area contributed by atoms with Crippen LogP contribution in [0.1, 0.15) is 5.56 Å². The van der Waals surface area contributed by atoms with E-state index < -0.39 is 21.8 Å². The van der Waals surface area contributed by atoms with Crippen LogP contribution in [0.4, 0.5) is 0 Å². The van der Waals surface area contributed by atoms with E-state index in [-0.39, 0.29) is 0 Å². The molecule has 0 bridgehead atoms. The number of fused-ring (bicyclic) bond motifs is 2. The standard InChI is InChI=1S/C12H8S.C8H4Cl.Bi/c1-3-7-11(8-4-1)13-12-9-5-2-6-10-12;1-2-7-3-5-8(9)6-4-7;/h1-7,9H;3-6H;. The third-order valence-electron chi connectivity index (χ3n) is 3.59. The van der Waals surface area contributed by atoms with Crippen molar-refractivity contribution in [2.24, 2.45) is 0 Å². The number of hydrogen-bond donors (Lipinski definition) is 0. The molecular formula is C20H12BiClS. The summed E-state index contributed by atoms with van der Waals surface area (Å²) in [6.45, 7) is 0. The van der Waals surface area contributed by atoms with E-state index in [0.717, 1.165) is 10.6 Å². The zero-order valence-corrected chi connectivity index (χ0v) is 17.2. The van der Waals surface area contributed by atoms with Gasteiger partial charge in [-0.25, -0.2) is 0 Å². The van der Waals surface area contributed by atoms with Crippen molar-refractivity contribution in [3.05, 3.63) is 83.4 Å². The van der Waals surface area contributed by atoms with E-state index >= 15 is 0 Å². The Morgan fingerprint density at radius 2 is 1.30 bits per heavy atom. The monoisotopic (exact) mass is 528 g/mol. The molecule has 0 radical (unpaired) electrons. The van der Waals surface area contributed by atoms with Gasteiger partial charge < -0.3 is 0 Å². The molecule has 0 spiro atoms. The molecule has 3 aromatic carbocycles. The average Bonchev–Trinajstić information content (AvgIpc) is 2.60. The Kier molecular flexibility index (Phi) is 4.45. The van der Waals surface area contributed by atoms with Gasteiger partial charge in [0.05, 0.1) is 0 Å². The Morgan fingerprint density at radius 1 is 0.739 bits per heavy atom. The Morgan fingerprint density at radius 3 is 1.91 bits per heavy atom. The molecule has 4 rings (SSSR count). The van der Waals surface area contributed by atoms with E-state index in [2.05, 4.69) is 58.1 Å². The third-order valence-corrected chi connectivity index (χ3v) is 14.3. The number of halogens is 1. The summed E-state index contributed by atoms with van der Waals surface area (Å²) in [7, 11) is 0. The quantitative estimate of drug-likeness (QED) is 0.314. The van der Waals surface area contributed by atoms with Crippen molar-refractivity contribution in [3.63, 3.8) is 0 Å². The summed E-state index contributed by atoms with van der Waals surface area (Å²) in [6.07, 6.45) is 0. The van der Waals surface area contributed by atoms with Gasteiger partial charge in [-0.15, -0.1) is 0 Å². The second-order valence-corrected chi connectivity index (χ2v) is 13.9. The minimum atomic E-state index is -2.28. The molecule has 1 aliphatic heterocycles. The SMILES string of the molecule is Clc1ccc(C#[C][Bi]2[c]3ccccc3Sc3cccc[c]32)cc1. The second kappa shape index (κ2) is 6.70. The number of benzene rings is 3. The molecular weight excluding hydrogens is 517 g/mol. The van der Waals surface area contributed by atoms with E-state index in [1.54, 1.807) is 0 Å². The van der Waals surface area contributed by atoms with Crippen LogP contribution in [-0.2, 0) is 0 Å². The van der Waals surface area contributed by atoms with Gasteiger partial charge in [-0.05, 0) is 0 Å².